The van der Waals surface area contributed by atoms with Crippen LogP contribution < -0.4 is 0 Å². The van der Waals surface area contributed by atoms with Crippen LogP contribution >= 0.6 is 0 Å². The maximum atomic E-state index is 5.24. The molecule has 0 N–H and O–H groups in total. The monoisotopic (exact) mass is 1130 g/mol. The van der Waals surface area contributed by atoms with Crippen LogP contribution in [-0.4, -0.2) is 11.9 Å². The Balaban J connectivity index is 0.0000312. The van der Waals surface area contributed by atoms with Crippen LogP contribution in [0.2, 0.25) is 0 Å². The largest absolute Gasteiger partial charge is 0.255 e. The fourth-order valence-corrected chi connectivity index (χ4v) is 11.2. The molecular weight excluding hydrogens is 1000 g/mol. The van der Waals surface area contributed by atoms with Gasteiger partial charge in [-0.05, 0) is 74.6 Å². The van der Waals surface area contributed by atoms with E-state index in [1.54, 1.807) is 0 Å². The number of unbranched alkanes of at least 4 members (excludes halogenated alkanes) is 47. The molecule has 0 aliphatic rings. The van der Waals surface area contributed by atoms with Crippen LogP contribution in [0.1, 0.15) is 372 Å². The van der Waals surface area contributed by atoms with Crippen LogP contribution in [0.4, 0.5) is 11.4 Å². The van der Waals surface area contributed by atoms with E-state index in [0.29, 0.717) is 0 Å². The van der Waals surface area contributed by atoms with Gasteiger partial charge < -0.3 is 0 Å². The van der Waals surface area contributed by atoms with Gasteiger partial charge in [-0.1, -0.05) is 333 Å². The summed E-state index contributed by atoms with van der Waals surface area (Å²) in [5.41, 5.74) is 5.85. The summed E-state index contributed by atoms with van der Waals surface area (Å²) in [6.07, 6.45) is 76.5. The standard InChI is InChI=1S/C76H128N2.Ni/c1-4-7-10-12-14-16-18-20-22-24-26-28-30-32-34-36-38-40-42-44-46-48-50-52-54-56-58-64-72-66-60-62-69-75(72)77-71-74(68-9-6-3)78-76-70-63-61-67-73(76)65-59-57-55-53-51-49-47-45-43-41-39-37-35-33-31-29-27-25-23-21-19-17-15-13-11-8-5-2;/h60-63,66-67,69-71H,4-51,56-59,64-65,68H2,1-3H3;. The van der Waals surface area contributed by atoms with Crippen molar-refractivity contribution in [3.8, 4) is 23.7 Å². The molecule has 0 bridgehead atoms. The number of aryl methyl sites for hydroxylation is 2. The second kappa shape index (κ2) is 61.5. The third-order valence-corrected chi connectivity index (χ3v) is 16.4. The smallest absolute Gasteiger partial charge is 0.0665 e. The molecule has 452 valence electrons. The first-order chi connectivity index (χ1) is 38.8. The summed E-state index contributed by atoms with van der Waals surface area (Å²) >= 11 is 0. The molecule has 0 aliphatic heterocycles. The predicted octanol–water partition coefficient (Wildman–Crippen LogP) is 26.0. The Bertz CT molecular complexity index is 1770. The molecule has 0 heterocycles. The molecule has 0 fully saturated rings. The summed E-state index contributed by atoms with van der Waals surface area (Å²) in [6, 6.07) is 17.4. The Morgan fingerprint density at radius 1 is 0.304 bits per heavy atom. The summed E-state index contributed by atoms with van der Waals surface area (Å²) in [6.45, 7) is 6.87. The van der Waals surface area contributed by atoms with Gasteiger partial charge in [-0.25, -0.2) is 0 Å². The molecule has 0 unspecified atom stereocenters. The molecule has 0 saturated carbocycles. The first kappa shape index (κ1) is 74.4. The minimum Gasteiger partial charge on any atom is -0.255 e. The first-order valence-corrected chi connectivity index (χ1v) is 35.0. The second-order valence-electron chi connectivity index (χ2n) is 24.0. The molecule has 0 aliphatic carbocycles. The van der Waals surface area contributed by atoms with Gasteiger partial charge in [0.1, 0.15) is 0 Å². The van der Waals surface area contributed by atoms with E-state index < -0.39 is 0 Å². The third-order valence-electron chi connectivity index (χ3n) is 16.4. The Labute approximate surface area is 504 Å². The van der Waals surface area contributed by atoms with Gasteiger partial charge in [-0.2, -0.15) is 0 Å². The van der Waals surface area contributed by atoms with Crippen LogP contribution in [-0.2, 0) is 29.3 Å². The maximum absolute atomic E-state index is 5.24. The second-order valence-corrected chi connectivity index (χ2v) is 24.0. The van der Waals surface area contributed by atoms with Crippen molar-refractivity contribution < 1.29 is 16.5 Å². The molecule has 2 rings (SSSR count). The van der Waals surface area contributed by atoms with Crippen LogP contribution in [0.5, 0.6) is 0 Å². The van der Waals surface area contributed by atoms with Crippen molar-refractivity contribution in [1.29, 1.82) is 0 Å². The van der Waals surface area contributed by atoms with E-state index >= 15 is 0 Å². The number of benzene rings is 2. The predicted molar refractivity (Wildman–Crippen MR) is 353 cm³/mol. The van der Waals surface area contributed by atoms with Crippen LogP contribution in [0.3, 0.4) is 0 Å². The van der Waals surface area contributed by atoms with Gasteiger partial charge in [0, 0.05) is 48.4 Å². The van der Waals surface area contributed by atoms with Gasteiger partial charge in [-0.3, -0.25) is 9.98 Å². The molecule has 0 radical (unpaired) electrons. The fraction of sp³-hybridized carbons (Fsp3) is 0.763. The van der Waals surface area contributed by atoms with Crippen molar-refractivity contribution in [3.05, 3.63) is 59.7 Å². The minimum atomic E-state index is 0. The van der Waals surface area contributed by atoms with E-state index in [4.69, 9.17) is 9.98 Å². The van der Waals surface area contributed by atoms with Gasteiger partial charge in [0.05, 0.1) is 17.1 Å². The summed E-state index contributed by atoms with van der Waals surface area (Å²) < 4.78 is 0. The number of hydrogen-bond donors (Lipinski definition) is 0. The van der Waals surface area contributed by atoms with Gasteiger partial charge in [0.25, 0.3) is 0 Å². The van der Waals surface area contributed by atoms with Crippen molar-refractivity contribution in [2.45, 2.75) is 374 Å². The topological polar surface area (TPSA) is 24.7 Å². The van der Waals surface area contributed by atoms with E-state index in [0.717, 1.165) is 87.7 Å². The zero-order valence-electron chi connectivity index (χ0n) is 52.8. The third kappa shape index (κ3) is 49.7. The van der Waals surface area contributed by atoms with Gasteiger partial charge >= 0.3 is 0 Å². The number of para-hydroxylation sites is 2. The molecular formula is C76H128N2Ni. The fourth-order valence-electron chi connectivity index (χ4n) is 11.2. The van der Waals surface area contributed by atoms with E-state index in [9.17, 15) is 0 Å². The first-order valence-electron chi connectivity index (χ1n) is 35.0. The molecule has 0 spiro atoms. The number of nitrogens with zero attached hydrogens (tertiary/aromatic N) is 2. The van der Waals surface area contributed by atoms with E-state index in [-0.39, 0.29) is 16.5 Å². The zero-order valence-corrected chi connectivity index (χ0v) is 53.8. The van der Waals surface area contributed by atoms with Crippen molar-refractivity contribution in [3.63, 3.8) is 0 Å². The van der Waals surface area contributed by atoms with Crippen molar-refractivity contribution in [2.24, 2.45) is 9.98 Å². The summed E-state index contributed by atoms with van der Waals surface area (Å²) in [4.78, 5) is 10.3. The average molecular weight is 1130 g/mol. The SMILES string of the molecule is CCCCCCCCCCCCCCCCCCCCCCCCC#CCCCc1ccccc1N=CC(CCCC)=Nc1ccccc1CCCC#CCCCCCCCCCCCCCCCCCCCCCCCC.[Ni]. The van der Waals surface area contributed by atoms with Crippen LogP contribution in [0.25, 0.3) is 0 Å². The van der Waals surface area contributed by atoms with Crippen molar-refractivity contribution in [1.82, 2.24) is 0 Å². The Kier molecular flexibility index (Phi) is 57.9. The molecule has 2 nitrogen and oxygen atoms in total. The Hall–Kier alpha value is -2.61. The normalized spacial score (nSPS) is 11.5. The molecule has 79 heavy (non-hydrogen) atoms. The van der Waals surface area contributed by atoms with E-state index in [1.165, 1.54) is 294 Å². The molecule has 3 heteroatoms. The van der Waals surface area contributed by atoms with E-state index in [2.05, 4.69) is 93.0 Å². The van der Waals surface area contributed by atoms with Crippen molar-refractivity contribution in [2.75, 3.05) is 0 Å². The molecule has 0 amide bonds. The molecule has 0 aromatic heterocycles. The van der Waals surface area contributed by atoms with Crippen LogP contribution in [0, 0.1) is 23.7 Å². The average Bonchev–Trinajstić information content (AvgIpc) is 3.46. The number of hydrogen-bond acceptors (Lipinski definition) is 2. The Morgan fingerprint density at radius 3 is 0.873 bits per heavy atom. The Morgan fingerprint density at radius 2 is 0.557 bits per heavy atom. The molecule has 2 aromatic rings. The van der Waals surface area contributed by atoms with Crippen LogP contribution in [0.15, 0.2) is 58.5 Å². The van der Waals surface area contributed by atoms with Gasteiger partial charge in [-0.15, -0.1) is 23.7 Å². The summed E-state index contributed by atoms with van der Waals surface area (Å²) in [5, 5.41) is 0. The molecule has 0 saturated heterocycles. The zero-order chi connectivity index (χ0) is 55.4. The number of rotatable bonds is 56. The van der Waals surface area contributed by atoms with Crippen molar-refractivity contribution >= 4 is 23.3 Å². The quantitative estimate of drug-likeness (QED) is 0.0273. The van der Waals surface area contributed by atoms with E-state index in [1.807, 2.05) is 6.21 Å². The molecule has 0 atom stereocenters. The maximum Gasteiger partial charge on any atom is 0.0665 e. The number of aliphatic imine (C=N–C) groups is 2. The van der Waals surface area contributed by atoms with Gasteiger partial charge in [0.15, 0.2) is 0 Å². The van der Waals surface area contributed by atoms with Gasteiger partial charge in [0.2, 0.25) is 0 Å². The minimum absolute atomic E-state index is 0. The summed E-state index contributed by atoms with van der Waals surface area (Å²) in [5.74, 6) is 13.9. The summed E-state index contributed by atoms with van der Waals surface area (Å²) in [7, 11) is 0. The molecule has 2 aromatic carbocycles.